The molecule has 6 rings (SSSR count). The van der Waals surface area contributed by atoms with E-state index in [0.29, 0.717) is 0 Å². The summed E-state index contributed by atoms with van der Waals surface area (Å²) in [6.45, 7) is 19.1. The Balaban J connectivity index is 1.72. The van der Waals surface area contributed by atoms with E-state index in [9.17, 15) is 0 Å². The van der Waals surface area contributed by atoms with Crippen molar-refractivity contribution in [2.75, 3.05) is 0 Å². The van der Waals surface area contributed by atoms with Gasteiger partial charge in [0.2, 0.25) is 0 Å². The number of pyridine rings is 1. The van der Waals surface area contributed by atoms with Gasteiger partial charge in [0.25, 0.3) is 0 Å². The van der Waals surface area contributed by atoms with Crippen LogP contribution >= 0.6 is 0 Å². The quantitative estimate of drug-likeness (QED) is 0.194. The van der Waals surface area contributed by atoms with E-state index < -0.39 is 0 Å². The Hall–Kier alpha value is -2.41. The van der Waals surface area contributed by atoms with Crippen LogP contribution in [-0.4, -0.2) is 19.5 Å². The number of aryl methyl sites for hydroxylation is 1. The second-order valence-electron chi connectivity index (χ2n) is 13.2. The predicted octanol–water partition coefficient (Wildman–Crippen LogP) is 9.22. The minimum atomic E-state index is 0.0624. The van der Waals surface area contributed by atoms with Crippen LogP contribution < -0.4 is 0 Å². The Morgan fingerprint density at radius 3 is 2.31 bits per heavy atom. The van der Waals surface area contributed by atoms with Gasteiger partial charge in [-0.2, -0.15) is 0 Å². The third-order valence-corrected chi connectivity index (χ3v) is 11.4. The molecule has 0 atom stereocenters. The zero-order valence-corrected chi connectivity index (χ0v) is 24.7. The summed E-state index contributed by atoms with van der Waals surface area (Å²) in [5.41, 5.74) is 8.94. The molecule has 1 aliphatic rings. The topological polar surface area (TPSA) is 12.9 Å². The average molecular weight is 539 g/mol. The van der Waals surface area contributed by atoms with Gasteiger partial charge in [0.05, 0.1) is 0 Å². The number of nitrogens with zero attached hydrogens (tertiary/aromatic N) is 1. The van der Waals surface area contributed by atoms with Gasteiger partial charge in [-0.05, 0) is 0 Å². The van der Waals surface area contributed by atoms with E-state index in [0.717, 1.165) is 0 Å². The molecule has 0 saturated heterocycles. The summed E-state index contributed by atoms with van der Waals surface area (Å²) in [6, 6.07) is 18.4. The molecule has 0 spiro atoms. The standard InChI is InChI=1S/C34H37NSe/c1-20-17-26-28(34(7,8)15-14-33(26,5)6)27-24-13-16-35-29(31(24)36-30(20)27)22-18-21-11-9-10-12-23(21)25(19-22)32(2,3)4/h9-13,16-19H,14-15H2,1-8H3. The Morgan fingerprint density at radius 1 is 0.833 bits per heavy atom. The van der Waals surface area contributed by atoms with Crippen LogP contribution in [0.5, 0.6) is 0 Å². The molecule has 5 aromatic rings. The summed E-state index contributed by atoms with van der Waals surface area (Å²) in [4.78, 5) is 5.06. The minimum absolute atomic E-state index is 0.0624. The van der Waals surface area contributed by atoms with E-state index in [-0.39, 0.29) is 30.7 Å². The van der Waals surface area contributed by atoms with E-state index in [1.807, 2.05) is 0 Å². The Kier molecular flexibility index (Phi) is 5.19. The molecular formula is C34H37NSe. The van der Waals surface area contributed by atoms with Crippen LogP contribution in [0.2, 0.25) is 0 Å². The third-order valence-electron chi connectivity index (χ3n) is 8.57. The van der Waals surface area contributed by atoms with Crippen molar-refractivity contribution in [3.63, 3.8) is 0 Å². The molecule has 0 aliphatic heterocycles. The predicted molar refractivity (Wildman–Crippen MR) is 158 cm³/mol. The van der Waals surface area contributed by atoms with Crippen LogP contribution in [0.15, 0.2) is 54.7 Å². The Morgan fingerprint density at radius 2 is 1.56 bits per heavy atom. The first-order valence-corrected chi connectivity index (χ1v) is 15.0. The van der Waals surface area contributed by atoms with Crippen molar-refractivity contribution in [3.8, 4) is 11.3 Å². The summed E-state index contributed by atoms with van der Waals surface area (Å²) < 4.78 is 3.04. The van der Waals surface area contributed by atoms with E-state index >= 15 is 0 Å². The van der Waals surface area contributed by atoms with Crippen LogP contribution in [0.1, 0.15) is 83.6 Å². The molecule has 1 nitrogen and oxygen atoms in total. The molecule has 0 bridgehead atoms. The molecule has 0 N–H and O–H groups in total. The van der Waals surface area contributed by atoms with E-state index in [1.54, 1.807) is 20.8 Å². The van der Waals surface area contributed by atoms with Gasteiger partial charge in [-0.25, -0.2) is 0 Å². The molecular weight excluding hydrogens is 501 g/mol. The van der Waals surface area contributed by atoms with Crippen LogP contribution in [0.25, 0.3) is 41.3 Å². The number of hydrogen-bond donors (Lipinski definition) is 0. The van der Waals surface area contributed by atoms with Gasteiger partial charge in [0.15, 0.2) is 0 Å². The summed E-state index contributed by atoms with van der Waals surface area (Å²) in [5.74, 6) is 0. The fourth-order valence-electron chi connectivity index (χ4n) is 6.43. The summed E-state index contributed by atoms with van der Waals surface area (Å²) in [6.07, 6.45) is 4.54. The van der Waals surface area contributed by atoms with E-state index in [2.05, 4.69) is 110 Å². The van der Waals surface area contributed by atoms with Crippen molar-refractivity contribution in [2.24, 2.45) is 0 Å². The fraction of sp³-hybridized carbons (Fsp3) is 0.382. The molecule has 36 heavy (non-hydrogen) atoms. The van der Waals surface area contributed by atoms with Gasteiger partial charge in [-0.3, -0.25) is 0 Å². The molecule has 0 amide bonds. The van der Waals surface area contributed by atoms with Crippen LogP contribution in [0.4, 0.5) is 0 Å². The molecule has 0 fully saturated rings. The zero-order valence-electron chi connectivity index (χ0n) is 23.0. The maximum atomic E-state index is 5.06. The maximum absolute atomic E-state index is 5.06. The second kappa shape index (κ2) is 7.80. The summed E-state index contributed by atoms with van der Waals surface area (Å²) >= 11 is 0.249. The molecule has 2 aromatic heterocycles. The van der Waals surface area contributed by atoms with Crippen molar-refractivity contribution in [3.05, 3.63) is 77.0 Å². The SMILES string of the molecule is Cc1cc2c(c3c1[se]c1c(-c4cc(C(C)(C)C)c5ccccc5c4)nccc13)C(C)(C)CCC2(C)C. The number of aromatic nitrogens is 1. The fourth-order valence-corrected chi connectivity index (χ4v) is 9.13. The van der Waals surface area contributed by atoms with Crippen molar-refractivity contribution in [1.29, 1.82) is 0 Å². The molecule has 0 saturated carbocycles. The summed E-state index contributed by atoms with van der Waals surface area (Å²) in [5, 5.41) is 5.63. The Bertz CT molecular complexity index is 1670. The van der Waals surface area contributed by atoms with Gasteiger partial charge < -0.3 is 0 Å². The van der Waals surface area contributed by atoms with Gasteiger partial charge in [-0.1, -0.05) is 0 Å². The first kappa shape index (κ1) is 24.0. The van der Waals surface area contributed by atoms with Gasteiger partial charge in [0.1, 0.15) is 0 Å². The monoisotopic (exact) mass is 539 g/mol. The molecule has 0 radical (unpaired) electrons. The molecule has 184 valence electrons. The van der Waals surface area contributed by atoms with Crippen LogP contribution in [0.3, 0.4) is 0 Å². The third kappa shape index (κ3) is 3.52. The van der Waals surface area contributed by atoms with Crippen molar-refractivity contribution < 1.29 is 0 Å². The first-order valence-electron chi connectivity index (χ1n) is 13.3. The zero-order chi connectivity index (χ0) is 25.6. The van der Waals surface area contributed by atoms with Crippen LogP contribution in [0, 0.1) is 6.92 Å². The normalized spacial score (nSPS) is 17.1. The molecule has 0 unspecified atom stereocenters. The average Bonchev–Trinajstić information content (AvgIpc) is 3.21. The Labute approximate surface area is 221 Å². The number of benzene rings is 3. The van der Waals surface area contributed by atoms with Crippen molar-refractivity contribution in [2.45, 2.75) is 84.5 Å². The second-order valence-corrected chi connectivity index (χ2v) is 15.4. The molecule has 2 heterocycles. The molecule has 1 aliphatic carbocycles. The molecule has 2 heteroatoms. The van der Waals surface area contributed by atoms with Gasteiger partial charge >= 0.3 is 222 Å². The number of hydrogen-bond acceptors (Lipinski definition) is 1. The van der Waals surface area contributed by atoms with Crippen LogP contribution in [-0.2, 0) is 16.2 Å². The number of fused-ring (bicyclic) bond motifs is 6. The van der Waals surface area contributed by atoms with Gasteiger partial charge in [0, 0.05) is 0 Å². The number of rotatable bonds is 1. The summed E-state index contributed by atoms with van der Waals surface area (Å²) in [7, 11) is 0. The van der Waals surface area contributed by atoms with Gasteiger partial charge in [-0.15, -0.1) is 0 Å². The molecule has 3 aromatic carbocycles. The van der Waals surface area contributed by atoms with Crippen molar-refractivity contribution >= 4 is 44.6 Å². The van der Waals surface area contributed by atoms with E-state index in [1.165, 1.54) is 55.6 Å². The van der Waals surface area contributed by atoms with Crippen molar-refractivity contribution in [1.82, 2.24) is 4.98 Å². The van der Waals surface area contributed by atoms with E-state index in [4.69, 9.17) is 4.98 Å². The first-order chi connectivity index (χ1) is 16.9.